The van der Waals surface area contributed by atoms with Gasteiger partial charge >= 0.3 is 0 Å². The number of hydrogen-bond acceptors (Lipinski definition) is 3. The Balaban J connectivity index is 2.52. The molecular weight excluding hydrogens is 242 g/mol. The zero-order valence-electron chi connectivity index (χ0n) is 12.3. The second-order valence-electron chi connectivity index (χ2n) is 5.54. The normalized spacial score (nSPS) is 12.7. The standard InChI is InChI=1S/C15H23NO3/c1-11(10-16-14(17)15(2,3)4)19-13-9-7-6-8-12(13)18-5/h6-9,11H,10H2,1-5H3,(H,16,17)/t11-/m0/s1. The van der Waals surface area contributed by atoms with Gasteiger partial charge in [-0.25, -0.2) is 0 Å². The molecule has 19 heavy (non-hydrogen) atoms. The Hall–Kier alpha value is -1.71. The molecule has 0 spiro atoms. The Morgan fingerprint density at radius 2 is 1.84 bits per heavy atom. The van der Waals surface area contributed by atoms with E-state index in [1.54, 1.807) is 7.11 Å². The first-order valence-corrected chi connectivity index (χ1v) is 6.42. The number of carbonyl (C=O) groups excluding carboxylic acids is 1. The molecular formula is C15H23NO3. The van der Waals surface area contributed by atoms with Crippen molar-refractivity contribution in [1.82, 2.24) is 5.32 Å². The molecule has 1 aromatic rings. The first-order valence-electron chi connectivity index (χ1n) is 6.42. The first-order chi connectivity index (χ1) is 8.84. The predicted molar refractivity (Wildman–Crippen MR) is 75.5 cm³/mol. The van der Waals surface area contributed by atoms with Crippen molar-refractivity contribution >= 4 is 5.91 Å². The highest BCUT2D eigenvalue weighted by Gasteiger charge is 2.21. The van der Waals surface area contributed by atoms with Gasteiger partial charge in [0.15, 0.2) is 11.5 Å². The molecule has 1 N–H and O–H groups in total. The fraction of sp³-hybridized carbons (Fsp3) is 0.533. The minimum atomic E-state index is -0.385. The van der Waals surface area contributed by atoms with E-state index in [4.69, 9.17) is 9.47 Å². The SMILES string of the molecule is COc1ccccc1O[C@@H](C)CNC(=O)C(C)(C)C. The molecule has 0 saturated carbocycles. The zero-order valence-corrected chi connectivity index (χ0v) is 12.3. The van der Waals surface area contributed by atoms with Crippen LogP contribution in [0, 0.1) is 5.41 Å². The van der Waals surface area contributed by atoms with Crippen LogP contribution in [-0.2, 0) is 4.79 Å². The Bertz CT molecular complexity index is 424. The van der Waals surface area contributed by atoms with Crippen molar-refractivity contribution in [2.75, 3.05) is 13.7 Å². The van der Waals surface area contributed by atoms with E-state index in [0.717, 1.165) is 0 Å². The van der Waals surface area contributed by atoms with Gasteiger partial charge in [-0.3, -0.25) is 4.79 Å². The number of amides is 1. The Labute approximate surface area is 115 Å². The summed E-state index contributed by atoms with van der Waals surface area (Å²) in [5, 5.41) is 2.88. The van der Waals surface area contributed by atoms with Gasteiger partial charge in [-0.1, -0.05) is 32.9 Å². The molecule has 0 aliphatic rings. The van der Waals surface area contributed by atoms with Crippen LogP contribution in [0.3, 0.4) is 0 Å². The summed E-state index contributed by atoms with van der Waals surface area (Å²) in [6.07, 6.45) is -0.123. The molecule has 0 aliphatic carbocycles. The number of nitrogens with one attached hydrogen (secondary N) is 1. The highest BCUT2D eigenvalue weighted by molar-refractivity contribution is 5.81. The minimum Gasteiger partial charge on any atom is -0.493 e. The van der Waals surface area contributed by atoms with Crippen molar-refractivity contribution in [1.29, 1.82) is 0 Å². The molecule has 4 nitrogen and oxygen atoms in total. The molecule has 0 saturated heterocycles. The van der Waals surface area contributed by atoms with E-state index in [2.05, 4.69) is 5.32 Å². The van der Waals surface area contributed by atoms with Crippen LogP contribution in [0.2, 0.25) is 0 Å². The molecule has 0 aromatic heterocycles. The third-order valence-corrected chi connectivity index (χ3v) is 2.63. The summed E-state index contributed by atoms with van der Waals surface area (Å²) in [7, 11) is 1.61. The molecule has 106 valence electrons. The van der Waals surface area contributed by atoms with Gasteiger partial charge < -0.3 is 14.8 Å². The summed E-state index contributed by atoms with van der Waals surface area (Å²) in [6.45, 7) is 8.03. The third-order valence-electron chi connectivity index (χ3n) is 2.63. The van der Waals surface area contributed by atoms with Crippen molar-refractivity contribution in [3.05, 3.63) is 24.3 Å². The van der Waals surface area contributed by atoms with Gasteiger partial charge in [0.25, 0.3) is 0 Å². The quantitative estimate of drug-likeness (QED) is 0.890. The maximum Gasteiger partial charge on any atom is 0.225 e. The molecule has 0 bridgehead atoms. The summed E-state index contributed by atoms with van der Waals surface area (Å²) < 4.78 is 11.0. The summed E-state index contributed by atoms with van der Waals surface area (Å²) in [4.78, 5) is 11.8. The molecule has 0 aliphatic heterocycles. The Kier molecular flexibility index (Phi) is 5.21. The third kappa shape index (κ3) is 4.81. The zero-order chi connectivity index (χ0) is 14.5. The van der Waals surface area contributed by atoms with Gasteiger partial charge in [-0.15, -0.1) is 0 Å². The molecule has 0 fully saturated rings. The van der Waals surface area contributed by atoms with E-state index >= 15 is 0 Å². The molecule has 1 amide bonds. The highest BCUT2D eigenvalue weighted by Crippen LogP contribution is 2.26. The van der Waals surface area contributed by atoms with Crippen LogP contribution >= 0.6 is 0 Å². The number of para-hydroxylation sites is 2. The molecule has 0 radical (unpaired) electrons. The van der Waals surface area contributed by atoms with E-state index in [0.29, 0.717) is 18.0 Å². The van der Waals surface area contributed by atoms with E-state index in [1.807, 2.05) is 52.0 Å². The van der Waals surface area contributed by atoms with Gasteiger partial charge in [-0.05, 0) is 19.1 Å². The van der Waals surface area contributed by atoms with Crippen LogP contribution in [0.25, 0.3) is 0 Å². The fourth-order valence-corrected chi connectivity index (χ4v) is 1.48. The van der Waals surface area contributed by atoms with Gasteiger partial charge in [0.1, 0.15) is 6.10 Å². The van der Waals surface area contributed by atoms with Gasteiger partial charge in [0.05, 0.1) is 13.7 Å². The largest absolute Gasteiger partial charge is 0.493 e. The summed E-state index contributed by atoms with van der Waals surface area (Å²) >= 11 is 0. The average Bonchev–Trinajstić information content (AvgIpc) is 2.35. The van der Waals surface area contributed by atoms with Gasteiger partial charge in [0.2, 0.25) is 5.91 Å². The summed E-state index contributed by atoms with van der Waals surface area (Å²) in [6, 6.07) is 7.47. The molecule has 0 unspecified atom stereocenters. The monoisotopic (exact) mass is 265 g/mol. The number of ether oxygens (including phenoxy) is 2. The van der Waals surface area contributed by atoms with E-state index < -0.39 is 0 Å². The van der Waals surface area contributed by atoms with Gasteiger partial charge in [0, 0.05) is 5.41 Å². The number of methoxy groups -OCH3 is 1. The maximum atomic E-state index is 11.8. The number of benzene rings is 1. The lowest BCUT2D eigenvalue weighted by Crippen LogP contribution is -2.40. The topological polar surface area (TPSA) is 47.6 Å². The lowest BCUT2D eigenvalue weighted by molar-refractivity contribution is -0.128. The van der Waals surface area contributed by atoms with Crippen molar-refractivity contribution in [2.45, 2.75) is 33.8 Å². The number of hydrogen-bond donors (Lipinski definition) is 1. The van der Waals surface area contributed by atoms with Crippen LogP contribution in [0.1, 0.15) is 27.7 Å². The summed E-state index contributed by atoms with van der Waals surface area (Å²) in [5.74, 6) is 1.39. The van der Waals surface area contributed by atoms with Crippen LogP contribution in [0.5, 0.6) is 11.5 Å². The smallest absolute Gasteiger partial charge is 0.225 e. The van der Waals surface area contributed by atoms with Gasteiger partial charge in [-0.2, -0.15) is 0 Å². The Morgan fingerprint density at radius 1 is 1.26 bits per heavy atom. The second kappa shape index (κ2) is 6.45. The molecule has 4 heteroatoms. The van der Waals surface area contributed by atoms with Crippen molar-refractivity contribution in [3.63, 3.8) is 0 Å². The molecule has 1 atom stereocenters. The van der Waals surface area contributed by atoms with E-state index in [1.165, 1.54) is 0 Å². The van der Waals surface area contributed by atoms with Crippen molar-refractivity contribution in [3.8, 4) is 11.5 Å². The van der Waals surface area contributed by atoms with Crippen LogP contribution in [-0.4, -0.2) is 25.7 Å². The summed E-state index contributed by atoms with van der Waals surface area (Å²) in [5.41, 5.74) is -0.385. The number of rotatable bonds is 5. The predicted octanol–water partition coefficient (Wildman–Crippen LogP) is 2.62. The lowest BCUT2D eigenvalue weighted by atomic mass is 9.96. The van der Waals surface area contributed by atoms with Crippen LogP contribution in [0.15, 0.2) is 24.3 Å². The maximum absolute atomic E-state index is 11.8. The number of carbonyl (C=O) groups is 1. The molecule has 1 aromatic carbocycles. The fourth-order valence-electron chi connectivity index (χ4n) is 1.48. The van der Waals surface area contributed by atoms with E-state index in [-0.39, 0.29) is 17.4 Å². The van der Waals surface area contributed by atoms with E-state index in [9.17, 15) is 4.79 Å². The van der Waals surface area contributed by atoms with Crippen molar-refractivity contribution < 1.29 is 14.3 Å². The minimum absolute atomic E-state index is 0.0166. The molecule has 0 heterocycles. The lowest BCUT2D eigenvalue weighted by Gasteiger charge is -2.21. The van der Waals surface area contributed by atoms with Crippen LogP contribution < -0.4 is 14.8 Å². The van der Waals surface area contributed by atoms with Crippen LogP contribution in [0.4, 0.5) is 0 Å². The first kappa shape index (κ1) is 15.3. The second-order valence-corrected chi connectivity index (χ2v) is 5.54. The van der Waals surface area contributed by atoms with Crippen molar-refractivity contribution in [2.24, 2.45) is 5.41 Å². The average molecular weight is 265 g/mol. The Morgan fingerprint density at radius 3 is 2.37 bits per heavy atom. The highest BCUT2D eigenvalue weighted by atomic mass is 16.5. The molecule has 1 rings (SSSR count).